The molecule has 1 saturated heterocycles. The average Bonchev–Trinajstić information content (AvgIpc) is 3.10. The van der Waals surface area contributed by atoms with Crippen LogP contribution in [0.15, 0.2) is 39.5 Å². The van der Waals surface area contributed by atoms with Gasteiger partial charge in [0.05, 0.1) is 12.2 Å². The molecule has 162 valence electrons. The molecule has 3 aromatic rings. The maximum Gasteiger partial charge on any atom is 0.197 e. The number of fused-ring (bicyclic) bond motifs is 5. The van der Waals surface area contributed by atoms with Crippen LogP contribution in [0.2, 0.25) is 0 Å². The van der Waals surface area contributed by atoms with Crippen LogP contribution in [0.1, 0.15) is 11.7 Å². The molecule has 1 aromatic heterocycles. The van der Waals surface area contributed by atoms with E-state index in [9.17, 15) is 35.4 Å². The van der Waals surface area contributed by atoms with Crippen LogP contribution >= 0.6 is 0 Å². The fourth-order valence-electron chi connectivity index (χ4n) is 4.10. The number of phenols is 3. The van der Waals surface area contributed by atoms with Crippen molar-refractivity contribution in [2.45, 2.75) is 30.5 Å². The van der Waals surface area contributed by atoms with Crippen molar-refractivity contribution in [2.24, 2.45) is 0 Å². The van der Waals surface area contributed by atoms with E-state index in [1.807, 2.05) is 0 Å². The van der Waals surface area contributed by atoms with Crippen molar-refractivity contribution in [1.29, 1.82) is 0 Å². The molecule has 2 aromatic carbocycles. The van der Waals surface area contributed by atoms with E-state index in [2.05, 4.69) is 0 Å². The molecule has 31 heavy (non-hydrogen) atoms. The number of hydrogen-bond donors (Lipinski definition) is 6. The minimum absolute atomic E-state index is 0.0409. The normalized spacial score (nSPS) is 27.0. The molecule has 5 atom stereocenters. The minimum Gasteiger partial charge on any atom is -0.507 e. The molecule has 10 heteroatoms. The number of rotatable bonds is 2. The standard InChI is InChI=1S/C21H18O10/c22-6-14-17(27)18(28)21-20(31-14)16-13(30-21)5-11(26)15-10(25)4-12(29-19(15)16)7-1-2-8(23)9(24)3-7/h1-5,14,17-18,20-24,26-28H,6H2. The topological polar surface area (TPSA) is 170 Å². The quantitative estimate of drug-likeness (QED) is 0.315. The Bertz CT molecular complexity index is 1250. The number of hydrogen-bond acceptors (Lipinski definition) is 10. The first-order valence-electron chi connectivity index (χ1n) is 9.45. The Hall–Kier alpha value is -3.31. The van der Waals surface area contributed by atoms with Crippen LogP contribution in [0, 0.1) is 0 Å². The molecular formula is C21H18O10. The van der Waals surface area contributed by atoms with Crippen LogP contribution in [-0.4, -0.2) is 61.7 Å². The molecule has 0 spiro atoms. The molecule has 3 heterocycles. The highest BCUT2D eigenvalue weighted by molar-refractivity contribution is 5.90. The summed E-state index contributed by atoms with van der Waals surface area (Å²) in [5, 5.41) is 59.6. The molecule has 5 rings (SSSR count). The van der Waals surface area contributed by atoms with Crippen LogP contribution in [0.5, 0.6) is 23.0 Å². The van der Waals surface area contributed by atoms with Gasteiger partial charge in [-0.05, 0) is 18.2 Å². The largest absolute Gasteiger partial charge is 0.507 e. The van der Waals surface area contributed by atoms with Gasteiger partial charge in [0.15, 0.2) is 28.6 Å². The summed E-state index contributed by atoms with van der Waals surface area (Å²) in [5.41, 5.74) is -0.111. The molecular weight excluding hydrogens is 412 g/mol. The van der Waals surface area contributed by atoms with E-state index in [4.69, 9.17) is 13.9 Å². The highest BCUT2D eigenvalue weighted by Gasteiger charge is 2.52. The summed E-state index contributed by atoms with van der Waals surface area (Å²) < 4.78 is 17.3. The Kier molecular flexibility index (Phi) is 4.34. The number of aliphatic hydroxyl groups excluding tert-OH is 3. The van der Waals surface area contributed by atoms with E-state index < -0.39 is 54.1 Å². The van der Waals surface area contributed by atoms with Gasteiger partial charge in [-0.2, -0.15) is 0 Å². The molecule has 6 N–H and O–H groups in total. The Morgan fingerprint density at radius 1 is 0.935 bits per heavy atom. The van der Waals surface area contributed by atoms with Crippen LogP contribution in [-0.2, 0) is 4.74 Å². The summed E-state index contributed by atoms with van der Waals surface area (Å²) in [6, 6.07) is 6.20. The number of benzene rings is 2. The minimum atomic E-state index is -1.40. The molecule has 0 radical (unpaired) electrons. The molecule has 2 aliphatic rings. The zero-order chi connectivity index (χ0) is 22.0. The lowest BCUT2D eigenvalue weighted by Gasteiger charge is -2.38. The van der Waals surface area contributed by atoms with Crippen LogP contribution in [0.25, 0.3) is 22.3 Å². The third kappa shape index (κ3) is 2.84. The fourth-order valence-corrected chi connectivity index (χ4v) is 4.10. The van der Waals surface area contributed by atoms with Gasteiger partial charge in [-0.3, -0.25) is 4.79 Å². The number of aromatic hydroxyl groups is 3. The van der Waals surface area contributed by atoms with Gasteiger partial charge in [0.2, 0.25) is 0 Å². The van der Waals surface area contributed by atoms with Gasteiger partial charge in [0.1, 0.15) is 47.1 Å². The lowest BCUT2D eigenvalue weighted by atomic mass is 9.92. The van der Waals surface area contributed by atoms with Crippen molar-refractivity contribution in [3.63, 3.8) is 0 Å². The van der Waals surface area contributed by atoms with E-state index in [1.165, 1.54) is 24.3 Å². The zero-order valence-corrected chi connectivity index (χ0v) is 15.8. The van der Waals surface area contributed by atoms with Gasteiger partial charge in [-0.1, -0.05) is 0 Å². The second-order valence-electron chi connectivity index (χ2n) is 7.53. The molecule has 0 saturated carbocycles. The van der Waals surface area contributed by atoms with Crippen molar-refractivity contribution < 1.29 is 44.5 Å². The molecule has 0 aliphatic carbocycles. The first-order valence-corrected chi connectivity index (χ1v) is 9.45. The molecule has 0 bridgehead atoms. The van der Waals surface area contributed by atoms with Gasteiger partial charge in [-0.25, -0.2) is 0 Å². The second kappa shape index (κ2) is 6.86. The second-order valence-corrected chi connectivity index (χ2v) is 7.53. The lowest BCUT2D eigenvalue weighted by Crippen LogP contribution is -2.55. The fraction of sp³-hybridized carbons (Fsp3) is 0.286. The molecule has 2 aliphatic heterocycles. The van der Waals surface area contributed by atoms with Crippen molar-refractivity contribution in [2.75, 3.05) is 6.61 Å². The van der Waals surface area contributed by atoms with Crippen LogP contribution in [0.3, 0.4) is 0 Å². The summed E-state index contributed by atoms with van der Waals surface area (Å²) in [6.07, 6.45) is -5.93. The van der Waals surface area contributed by atoms with Crippen molar-refractivity contribution in [3.05, 3.63) is 46.1 Å². The van der Waals surface area contributed by atoms with Crippen LogP contribution < -0.4 is 10.2 Å². The van der Waals surface area contributed by atoms with E-state index >= 15 is 0 Å². The molecule has 0 amide bonds. The maximum atomic E-state index is 12.8. The molecule has 1 fully saturated rings. The van der Waals surface area contributed by atoms with E-state index in [0.29, 0.717) is 0 Å². The van der Waals surface area contributed by atoms with Gasteiger partial charge >= 0.3 is 0 Å². The number of phenolic OH excluding ortho intramolecular Hbond substituents is 3. The number of ether oxygens (including phenoxy) is 2. The zero-order valence-electron chi connectivity index (χ0n) is 15.8. The Morgan fingerprint density at radius 2 is 1.71 bits per heavy atom. The maximum absolute atomic E-state index is 12.8. The Labute approximate surface area is 173 Å². The predicted octanol–water partition coefficient (Wildman–Crippen LogP) is 0.492. The Morgan fingerprint density at radius 3 is 2.42 bits per heavy atom. The molecule has 5 unspecified atom stereocenters. The average molecular weight is 430 g/mol. The highest BCUT2D eigenvalue weighted by atomic mass is 16.6. The molecule has 10 nitrogen and oxygen atoms in total. The van der Waals surface area contributed by atoms with E-state index in [0.717, 1.165) is 6.07 Å². The Balaban J connectivity index is 1.73. The van der Waals surface area contributed by atoms with Crippen LogP contribution in [0.4, 0.5) is 0 Å². The van der Waals surface area contributed by atoms with Crippen molar-refractivity contribution >= 4 is 11.0 Å². The summed E-state index contributed by atoms with van der Waals surface area (Å²) in [7, 11) is 0. The van der Waals surface area contributed by atoms with Gasteiger partial charge < -0.3 is 44.5 Å². The third-order valence-electron chi connectivity index (χ3n) is 5.66. The third-order valence-corrected chi connectivity index (χ3v) is 5.66. The number of aliphatic hydroxyl groups is 3. The van der Waals surface area contributed by atoms with E-state index in [-0.39, 0.29) is 39.4 Å². The first kappa shape index (κ1) is 19.6. The highest BCUT2D eigenvalue weighted by Crippen LogP contribution is 2.50. The van der Waals surface area contributed by atoms with Gasteiger partial charge in [0.25, 0.3) is 0 Å². The predicted molar refractivity (Wildman–Crippen MR) is 104 cm³/mol. The first-order chi connectivity index (χ1) is 14.8. The monoisotopic (exact) mass is 430 g/mol. The van der Waals surface area contributed by atoms with E-state index in [1.54, 1.807) is 0 Å². The lowest BCUT2D eigenvalue weighted by molar-refractivity contribution is -0.215. The smallest absolute Gasteiger partial charge is 0.197 e. The van der Waals surface area contributed by atoms with Crippen molar-refractivity contribution in [3.8, 4) is 34.3 Å². The summed E-state index contributed by atoms with van der Waals surface area (Å²) in [6.45, 7) is -0.561. The summed E-state index contributed by atoms with van der Waals surface area (Å²) >= 11 is 0. The SMILES string of the molecule is O=c1cc(-c2ccc(O)c(O)c2)oc2c3c(cc(O)c12)OC1C3OC(CO)C(O)C1O. The summed E-state index contributed by atoms with van der Waals surface area (Å²) in [5.74, 6) is -1.03. The van der Waals surface area contributed by atoms with Crippen molar-refractivity contribution in [1.82, 2.24) is 0 Å². The van der Waals surface area contributed by atoms with Gasteiger partial charge in [-0.15, -0.1) is 0 Å². The van der Waals surface area contributed by atoms with Gasteiger partial charge in [0, 0.05) is 17.7 Å². The summed E-state index contributed by atoms with van der Waals surface area (Å²) in [4.78, 5) is 12.8.